The predicted molar refractivity (Wildman–Crippen MR) is 66.9 cm³/mol. The third kappa shape index (κ3) is 1.86. The standard InChI is InChI=1S/C12H13N5O/c1-2-5-15-12(18)9-10(14)17-6-3-4-8(7-13)11(17)16-9/h3-4,6H,2,5,14H2,1H3,(H,15,18). The lowest BCUT2D eigenvalue weighted by molar-refractivity contribution is 0.0950. The smallest absolute Gasteiger partial charge is 0.273 e. The number of anilines is 1. The molecule has 0 aliphatic carbocycles. The monoisotopic (exact) mass is 243 g/mol. The van der Waals surface area contributed by atoms with Gasteiger partial charge in [-0.2, -0.15) is 5.26 Å². The Morgan fingerprint density at radius 3 is 3.11 bits per heavy atom. The van der Waals surface area contributed by atoms with Crippen LogP contribution in [0.4, 0.5) is 5.82 Å². The van der Waals surface area contributed by atoms with Crippen LogP contribution in [-0.4, -0.2) is 21.8 Å². The molecule has 1 amide bonds. The fourth-order valence-electron chi connectivity index (χ4n) is 1.66. The van der Waals surface area contributed by atoms with Gasteiger partial charge in [0.05, 0.1) is 5.56 Å². The van der Waals surface area contributed by atoms with Crippen LogP contribution in [0.25, 0.3) is 5.65 Å². The number of aromatic nitrogens is 2. The number of amides is 1. The summed E-state index contributed by atoms with van der Waals surface area (Å²) in [6.07, 6.45) is 2.51. The van der Waals surface area contributed by atoms with Crippen molar-refractivity contribution in [3.05, 3.63) is 29.6 Å². The lowest BCUT2D eigenvalue weighted by atomic mass is 10.3. The van der Waals surface area contributed by atoms with Crippen molar-refractivity contribution in [3.63, 3.8) is 0 Å². The third-order valence-corrected chi connectivity index (χ3v) is 2.56. The third-order valence-electron chi connectivity index (χ3n) is 2.56. The maximum atomic E-state index is 11.8. The second-order valence-corrected chi connectivity index (χ2v) is 3.83. The van der Waals surface area contributed by atoms with E-state index in [1.807, 2.05) is 13.0 Å². The number of rotatable bonds is 3. The van der Waals surface area contributed by atoms with Crippen LogP contribution in [0.1, 0.15) is 29.4 Å². The average molecular weight is 243 g/mol. The zero-order valence-corrected chi connectivity index (χ0v) is 9.97. The van der Waals surface area contributed by atoms with Gasteiger partial charge in [-0.25, -0.2) is 4.98 Å². The Kier molecular flexibility index (Phi) is 3.15. The van der Waals surface area contributed by atoms with E-state index in [2.05, 4.69) is 10.3 Å². The molecular weight excluding hydrogens is 230 g/mol. The Morgan fingerprint density at radius 2 is 2.44 bits per heavy atom. The van der Waals surface area contributed by atoms with Crippen molar-refractivity contribution in [1.82, 2.24) is 14.7 Å². The molecule has 92 valence electrons. The number of carbonyl (C=O) groups is 1. The van der Waals surface area contributed by atoms with Gasteiger partial charge in [-0.1, -0.05) is 6.92 Å². The zero-order chi connectivity index (χ0) is 13.1. The summed E-state index contributed by atoms with van der Waals surface area (Å²) in [5.74, 6) is -0.0716. The number of fused-ring (bicyclic) bond motifs is 1. The maximum absolute atomic E-state index is 11.8. The number of hydrogen-bond acceptors (Lipinski definition) is 4. The van der Waals surface area contributed by atoms with Crippen LogP contribution >= 0.6 is 0 Å². The van der Waals surface area contributed by atoms with Crippen LogP contribution in [0.3, 0.4) is 0 Å². The molecule has 0 saturated heterocycles. The van der Waals surface area contributed by atoms with E-state index in [1.165, 1.54) is 0 Å². The Labute approximate surface area is 104 Å². The highest BCUT2D eigenvalue weighted by molar-refractivity contribution is 5.97. The molecule has 2 aromatic heterocycles. The van der Waals surface area contributed by atoms with Crippen LogP contribution in [0, 0.1) is 11.3 Å². The van der Waals surface area contributed by atoms with E-state index in [0.29, 0.717) is 17.8 Å². The van der Waals surface area contributed by atoms with Gasteiger partial charge in [0.15, 0.2) is 11.3 Å². The van der Waals surface area contributed by atoms with Crippen molar-refractivity contribution < 1.29 is 4.79 Å². The van der Waals surface area contributed by atoms with Crippen molar-refractivity contribution in [2.24, 2.45) is 0 Å². The Morgan fingerprint density at radius 1 is 1.67 bits per heavy atom. The number of nitriles is 1. The molecule has 0 aliphatic heterocycles. The number of hydrogen-bond donors (Lipinski definition) is 2. The van der Waals surface area contributed by atoms with Crippen molar-refractivity contribution in [2.45, 2.75) is 13.3 Å². The number of pyridine rings is 1. The average Bonchev–Trinajstić information content (AvgIpc) is 2.73. The van der Waals surface area contributed by atoms with Gasteiger partial charge in [0.1, 0.15) is 11.9 Å². The summed E-state index contributed by atoms with van der Waals surface area (Å²) in [6.45, 7) is 2.53. The van der Waals surface area contributed by atoms with E-state index >= 15 is 0 Å². The lowest BCUT2D eigenvalue weighted by Crippen LogP contribution is -2.25. The van der Waals surface area contributed by atoms with E-state index < -0.39 is 0 Å². The first-order valence-electron chi connectivity index (χ1n) is 5.64. The normalized spacial score (nSPS) is 10.2. The first-order valence-corrected chi connectivity index (χ1v) is 5.64. The number of nitrogens with two attached hydrogens (primary N) is 1. The van der Waals surface area contributed by atoms with Gasteiger partial charge in [0, 0.05) is 12.7 Å². The molecule has 3 N–H and O–H groups in total. The number of nitrogen functional groups attached to an aromatic ring is 1. The van der Waals surface area contributed by atoms with Gasteiger partial charge in [0.2, 0.25) is 0 Å². The van der Waals surface area contributed by atoms with E-state index in [0.717, 1.165) is 6.42 Å². The van der Waals surface area contributed by atoms with Crippen molar-refractivity contribution >= 4 is 17.4 Å². The highest BCUT2D eigenvalue weighted by Crippen LogP contribution is 2.17. The van der Waals surface area contributed by atoms with Crippen LogP contribution in [0.5, 0.6) is 0 Å². The number of carbonyl (C=O) groups excluding carboxylic acids is 1. The molecule has 0 fully saturated rings. The molecule has 2 heterocycles. The summed E-state index contributed by atoms with van der Waals surface area (Å²) in [6, 6.07) is 5.35. The number of nitrogens with one attached hydrogen (secondary N) is 1. The van der Waals surface area contributed by atoms with Gasteiger partial charge >= 0.3 is 0 Å². The van der Waals surface area contributed by atoms with Gasteiger partial charge in [-0.15, -0.1) is 0 Å². The summed E-state index contributed by atoms with van der Waals surface area (Å²) in [4.78, 5) is 16.0. The minimum Gasteiger partial charge on any atom is -0.383 e. The van der Waals surface area contributed by atoms with Gasteiger partial charge in [-0.05, 0) is 18.6 Å². The molecule has 2 aromatic rings. The fourth-order valence-corrected chi connectivity index (χ4v) is 1.66. The highest BCUT2D eigenvalue weighted by atomic mass is 16.1. The quantitative estimate of drug-likeness (QED) is 0.838. The molecule has 0 unspecified atom stereocenters. The van der Waals surface area contributed by atoms with E-state index in [4.69, 9.17) is 11.0 Å². The topological polar surface area (TPSA) is 96.2 Å². The van der Waals surface area contributed by atoms with Gasteiger partial charge in [-0.3, -0.25) is 9.20 Å². The Balaban J connectivity index is 2.51. The minimum absolute atomic E-state index is 0.158. The number of imidazole rings is 1. The molecule has 0 spiro atoms. The fraction of sp³-hybridized carbons (Fsp3) is 0.250. The van der Waals surface area contributed by atoms with Crippen molar-refractivity contribution in [1.29, 1.82) is 5.26 Å². The van der Waals surface area contributed by atoms with Crippen molar-refractivity contribution in [2.75, 3.05) is 12.3 Å². The first kappa shape index (κ1) is 11.9. The summed E-state index contributed by atoms with van der Waals surface area (Å²) >= 11 is 0. The molecule has 6 heteroatoms. The molecular formula is C12H13N5O. The number of nitrogens with zero attached hydrogens (tertiary/aromatic N) is 3. The zero-order valence-electron chi connectivity index (χ0n) is 9.97. The predicted octanol–water partition coefficient (Wildman–Crippen LogP) is 0.928. The Bertz CT molecular complexity index is 638. The van der Waals surface area contributed by atoms with Gasteiger partial charge in [0.25, 0.3) is 5.91 Å². The molecule has 6 nitrogen and oxygen atoms in total. The molecule has 18 heavy (non-hydrogen) atoms. The SMILES string of the molecule is CCCNC(=O)c1nc2c(C#N)cccn2c1N. The van der Waals surface area contributed by atoms with Crippen LogP contribution in [-0.2, 0) is 0 Å². The molecule has 0 atom stereocenters. The molecule has 0 bridgehead atoms. The summed E-state index contributed by atoms with van der Waals surface area (Å²) < 4.78 is 1.54. The van der Waals surface area contributed by atoms with E-state index in [-0.39, 0.29) is 17.4 Å². The minimum atomic E-state index is -0.318. The molecule has 2 rings (SSSR count). The largest absolute Gasteiger partial charge is 0.383 e. The van der Waals surface area contributed by atoms with Crippen LogP contribution < -0.4 is 11.1 Å². The second kappa shape index (κ2) is 4.75. The summed E-state index contributed by atoms with van der Waals surface area (Å²) in [5, 5.41) is 11.7. The lowest BCUT2D eigenvalue weighted by Gasteiger charge is -2.00. The van der Waals surface area contributed by atoms with Crippen LogP contribution in [0.15, 0.2) is 18.3 Å². The summed E-state index contributed by atoms with van der Waals surface area (Å²) in [7, 11) is 0. The molecule has 0 radical (unpaired) electrons. The van der Waals surface area contributed by atoms with Gasteiger partial charge < -0.3 is 11.1 Å². The first-order chi connectivity index (χ1) is 8.69. The maximum Gasteiger partial charge on any atom is 0.273 e. The Hall–Kier alpha value is -2.55. The molecule has 0 aliphatic rings. The van der Waals surface area contributed by atoms with Crippen molar-refractivity contribution in [3.8, 4) is 6.07 Å². The highest BCUT2D eigenvalue weighted by Gasteiger charge is 2.17. The second-order valence-electron chi connectivity index (χ2n) is 3.83. The van der Waals surface area contributed by atoms with Crippen LogP contribution in [0.2, 0.25) is 0 Å². The molecule has 0 saturated carbocycles. The van der Waals surface area contributed by atoms with E-state index in [9.17, 15) is 4.79 Å². The molecule has 0 aromatic carbocycles. The van der Waals surface area contributed by atoms with E-state index in [1.54, 1.807) is 22.7 Å². The summed E-state index contributed by atoms with van der Waals surface area (Å²) in [5.41, 5.74) is 6.81.